The molecule has 0 spiro atoms. The fraction of sp³-hybridized carbons (Fsp3) is 0.714. The summed E-state index contributed by atoms with van der Waals surface area (Å²) in [6.45, 7) is 6.15. The molecule has 3 aliphatic heterocycles. The highest BCUT2D eigenvalue weighted by Crippen LogP contribution is 2.21. The largest absolute Gasteiger partial charge is 0.379 e. The summed E-state index contributed by atoms with van der Waals surface area (Å²) in [6.07, 6.45) is 13.3. The van der Waals surface area contributed by atoms with Crippen LogP contribution in [0.1, 0.15) is 19.3 Å². The summed E-state index contributed by atoms with van der Waals surface area (Å²) >= 11 is 0. The number of ether oxygens (including phenoxy) is 1. The Hall–Kier alpha value is -0.840. The quantitative estimate of drug-likeness (QED) is 0.737. The topological polar surface area (TPSA) is 19.0 Å². The number of hydrazine groups is 1. The first-order valence-electron chi connectivity index (χ1n) is 7.15. The van der Waals surface area contributed by atoms with Crippen molar-refractivity contribution in [1.29, 1.82) is 0 Å². The summed E-state index contributed by atoms with van der Waals surface area (Å²) in [7, 11) is 0. The molecule has 2 fully saturated rings. The summed E-state index contributed by atoms with van der Waals surface area (Å²) in [5.41, 5.74) is 0. The molecule has 0 aliphatic carbocycles. The van der Waals surface area contributed by atoms with Crippen molar-refractivity contribution in [2.75, 3.05) is 39.4 Å². The molecule has 1 atom stereocenters. The van der Waals surface area contributed by atoms with E-state index in [0.717, 1.165) is 26.3 Å². The van der Waals surface area contributed by atoms with Crippen LogP contribution in [0.15, 0.2) is 24.4 Å². The van der Waals surface area contributed by atoms with E-state index in [-0.39, 0.29) is 0 Å². The Labute approximate surface area is 109 Å². The molecular formula is C14H23N3O. The van der Waals surface area contributed by atoms with Crippen molar-refractivity contribution >= 4 is 0 Å². The maximum absolute atomic E-state index is 5.45. The van der Waals surface area contributed by atoms with Crippen LogP contribution in [-0.2, 0) is 4.74 Å². The second-order valence-electron chi connectivity index (χ2n) is 5.18. The Morgan fingerprint density at radius 1 is 0.889 bits per heavy atom. The first kappa shape index (κ1) is 12.2. The molecule has 0 radical (unpaired) electrons. The average Bonchev–Trinajstić information content (AvgIpc) is 2.49. The van der Waals surface area contributed by atoms with E-state index in [1.165, 1.54) is 32.4 Å². The van der Waals surface area contributed by atoms with Gasteiger partial charge in [-0.15, -0.1) is 0 Å². The number of piperidine rings is 1. The fourth-order valence-corrected chi connectivity index (χ4v) is 3.00. The molecule has 0 aromatic rings. The summed E-state index contributed by atoms with van der Waals surface area (Å²) < 4.78 is 5.45. The first-order valence-corrected chi connectivity index (χ1v) is 7.15. The second kappa shape index (κ2) is 5.87. The van der Waals surface area contributed by atoms with Gasteiger partial charge in [0, 0.05) is 32.4 Å². The van der Waals surface area contributed by atoms with Crippen LogP contribution in [0, 0.1) is 0 Å². The summed E-state index contributed by atoms with van der Waals surface area (Å²) in [6, 6.07) is 0. The van der Waals surface area contributed by atoms with E-state index in [1.54, 1.807) is 0 Å². The monoisotopic (exact) mass is 249 g/mol. The van der Waals surface area contributed by atoms with Gasteiger partial charge in [0.2, 0.25) is 0 Å². The molecule has 4 nitrogen and oxygen atoms in total. The second-order valence-corrected chi connectivity index (χ2v) is 5.18. The van der Waals surface area contributed by atoms with E-state index in [0.29, 0.717) is 6.17 Å². The van der Waals surface area contributed by atoms with Crippen LogP contribution >= 0.6 is 0 Å². The Morgan fingerprint density at radius 3 is 2.44 bits per heavy atom. The van der Waals surface area contributed by atoms with E-state index in [2.05, 4.69) is 39.3 Å². The fourth-order valence-electron chi connectivity index (χ4n) is 3.00. The van der Waals surface area contributed by atoms with Gasteiger partial charge in [-0.25, -0.2) is 5.01 Å². The third-order valence-corrected chi connectivity index (χ3v) is 3.98. The molecule has 3 rings (SSSR count). The van der Waals surface area contributed by atoms with Crippen LogP contribution < -0.4 is 0 Å². The molecule has 0 amide bonds. The van der Waals surface area contributed by atoms with E-state index >= 15 is 0 Å². The number of morpholine rings is 1. The Kier molecular flexibility index (Phi) is 3.98. The summed E-state index contributed by atoms with van der Waals surface area (Å²) in [5.74, 6) is 0. The Bertz CT molecular complexity index is 285. The highest BCUT2D eigenvalue weighted by Gasteiger charge is 2.28. The van der Waals surface area contributed by atoms with Crippen LogP contribution in [0.4, 0.5) is 0 Å². The lowest BCUT2D eigenvalue weighted by Crippen LogP contribution is -2.56. The lowest BCUT2D eigenvalue weighted by molar-refractivity contribution is -0.108. The lowest BCUT2D eigenvalue weighted by Gasteiger charge is -2.46. The highest BCUT2D eigenvalue weighted by molar-refractivity contribution is 5.12. The third kappa shape index (κ3) is 2.60. The van der Waals surface area contributed by atoms with Gasteiger partial charge < -0.3 is 4.74 Å². The highest BCUT2D eigenvalue weighted by atomic mass is 16.5. The molecule has 18 heavy (non-hydrogen) atoms. The van der Waals surface area contributed by atoms with Crippen molar-refractivity contribution in [3.63, 3.8) is 0 Å². The first-order chi connectivity index (χ1) is 8.95. The number of hydrogen-bond acceptors (Lipinski definition) is 4. The molecule has 0 aromatic carbocycles. The minimum Gasteiger partial charge on any atom is -0.379 e. The summed E-state index contributed by atoms with van der Waals surface area (Å²) in [5, 5.41) is 4.82. The molecule has 0 aromatic heterocycles. The Morgan fingerprint density at radius 2 is 1.67 bits per heavy atom. The van der Waals surface area contributed by atoms with E-state index in [9.17, 15) is 0 Å². The molecule has 3 aliphatic rings. The number of rotatable bonds is 2. The number of hydrogen-bond donors (Lipinski definition) is 0. The van der Waals surface area contributed by atoms with Crippen molar-refractivity contribution in [3.05, 3.63) is 24.4 Å². The smallest absolute Gasteiger partial charge is 0.116 e. The number of allylic oxidation sites excluding steroid dienone is 2. The van der Waals surface area contributed by atoms with Crippen molar-refractivity contribution in [3.8, 4) is 0 Å². The third-order valence-electron chi connectivity index (χ3n) is 3.98. The molecular weight excluding hydrogens is 226 g/mol. The van der Waals surface area contributed by atoms with Crippen molar-refractivity contribution in [2.24, 2.45) is 0 Å². The molecule has 0 saturated carbocycles. The molecule has 0 N–H and O–H groups in total. The zero-order valence-corrected chi connectivity index (χ0v) is 11.0. The molecule has 1 unspecified atom stereocenters. The zero-order chi connectivity index (χ0) is 12.2. The van der Waals surface area contributed by atoms with Crippen molar-refractivity contribution in [2.45, 2.75) is 25.4 Å². The SMILES string of the molecule is C1=CC(N2CCCCC2)N(N2CCOCC2)C=C1. The molecule has 2 saturated heterocycles. The molecule has 4 heteroatoms. The average molecular weight is 249 g/mol. The maximum atomic E-state index is 5.45. The van der Waals surface area contributed by atoms with Gasteiger partial charge in [0.1, 0.15) is 6.17 Å². The lowest BCUT2D eigenvalue weighted by atomic mass is 10.1. The minimum absolute atomic E-state index is 0.411. The van der Waals surface area contributed by atoms with Crippen LogP contribution in [0.25, 0.3) is 0 Å². The van der Waals surface area contributed by atoms with E-state index in [4.69, 9.17) is 4.74 Å². The zero-order valence-electron chi connectivity index (χ0n) is 11.0. The summed E-state index contributed by atoms with van der Waals surface area (Å²) in [4.78, 5) is 2.60. The predicted molar refractivity (Wildman–Crippen MR) is 71.7 cm³/mol. The van der Waals surface area contributed by atoms with Crippen LogP contribution in [0.2, 0.25) is 0 Å². The number of nitrogens with zero attached hydrogens (tertiary/aromatic N) is 3. The Balaban J connectivity index is 1.69. The van der Waals surface area contributed by atoms with Crippen molar-refractivity contribution in [1.82, 2.24) is 14.9 Å². The molecule has 0 bridgehead atoms. The van der Waals surface area contributed by atoms with Gasteiger partial charge in [-0.3, -0.25) is 9.91 Å². The predicted octanol–water partition coefficient (Wildman–Crippen LogP) is 1.43. The van der Waals surface area contributed by atoms with E-state index < -0.39 is 0 Å². The number of likely N-dealkylation sites (tertiary alicyclic amines) is 1. The van der Waals surface area contributed by atoms with Gasteiger partial charge >= 0.3 is 0 Å². The van der Waals surface area contributed by atoms with Gasteiger partial charge in [0.15, 0.2) is 0 Å². The van der Waals surface area contributed by atoms with Gasteiger partial charge in [-0.05, 0) is 25.0 Å². The van der Waals surface area contributed by atoms with Crippen LogP contribution in [0.5, 0.6) is 0 Å². The minimum atomic E-state index is 0.411. The van der Waals surface area contributed by atoms with Gasteiger partial charge in [0.25, 0.3) is 0 Å². The van der Waals surface area contributed by atoms with Gasteiger partial charge in [-0.2, -0.15) is 0 Å². The van der Waals surface area contributed by atoms with Crippen LogP contribution in [-0.4, -0.2) is 60.5 Å². The van der Waals surface area contributed by atoms with E-state index in [1.807, 2.05) is 0 Å². The normalized spacial score (nSPS) is 30.9. The van der Waals surface area contributed by atoms with Gasteiger partial charge in [-0.1, -0.05) is 12.5 Å². The van der Waals surface area contributed by atoms with Crippen molar-refractivity contribution < 1.29 is 4.74 Å². The maximum Gasteiger partial charge on any atom is 0.116 e. The standard InChI is InChI=1S/C14H23N3O/c1-3-7-15(8-4-1)14-6-2-5-9-17(14)16-10-12-18-13-11-16/h2,5-6,9,14H,1,3-4,7-8,10-13H2. The van der Waals surface area contributed by atoms with Gasteiger partial charge in [0.05, 0.1) is 13.2 Å². The molecule has 3 heterocycles. The van der Waals surface area contributed by atoms with Crippen LogP contribution in [0.3, 0.4) is 0 Å². The molecule has 100 valence electrons.